The van der Waals surface area contributed by atoms with Gasteiger partial charge in [-0.15, -0.1) is 0 Å². The molecule has 0 aromatic heterocycles. The monoisotopic (exact) mass is 292 g/mol. The van der Waals surface area contributed by atoms with Crippen molar-refractivity contribution in [1.82, 2.24) is 5.32 Å². The number of benzene rings is 1. The molecule has 1 saturated heterocycles. The van der Waals surface area contributed by atoms with Crippen molar-refractivity contribution in [3.05, 3.63) is 24.3 Å². The van der Waals surface area contributed by atoms with Crippen LogP contribution in [0.1, 0.15) is 13.3 Å². The zero-order valence-corrected chi connectivity index (χ0v) is 13.0. The molecule has 2 rings (SSSR count). The van der Waals surface area contributed by atoms with Gasteiger partial charge in [0.1, 0.15) is 5.75 Å². The summed E-state index contributed by atoms with van der Waals surface area (Å²) < 4.78 is 10.6. The highest BCUT2D eigenvalue weighted by Gasteiger charge is 2.35. The number of anilines is 1. The third kappa shape index (κ3) is 3.74. The van der Waals surface area contributed by atoms with Gasteiger partial charge in [0.15, 0.2) is 0 Å². The number of amides is 1. The third-order valence-corrected chi connectivity index (χ3v) is 3.84. The van der Waals surface area contributed by atoms with Gasteiger partial charge < -0.3 is 19.7 Å². The van der Waals surface area contributed by atoms with Crippen LogP contribution in [0.25, 0.3) is 0 Å². The molecule has 1 N–H and O–H groups in total. The molecule has 21 heavy (non-hydrogen) atoms. The largest absolute Gasteiger partial charge is 0.497 e. The molecule has 0 bridgehead atoms. The molecule has 1 aromatic rings. The van der Waals surface area contributed by atoms with Crippen molar-refractivity contribution in [2.75, 3.05) is 38.8 Å². The maximum atomic E-state index is 12.6. The molecule has 5 heteroatoms. The molecule has 2 unspecified atom stereocenters. The zero-order valence-electron chi connectivity index (χ0n) is 13.0. The van der Waals surface area contributed by atoms with Crippen molar-refractivity contribution >= 4 is 11.6 Å². The number of carbonyl (C=O) groups excluding carboxylic acids is 1. The number of rotatable bonds is 6. The van der Waals surface area contributed by atoms with Crippen molar-refractivity contribution in [3.8, 4) is 5.75 Å². The normalized spacial score (nSPS) is 21.3. The molecule has 0 saturated carbocycles. The van der Waals surface area contributed by atoms with Crippen LogP contribution in [0.3, 0.4) is 0 Å². The van der Waals surface area contributed by atoms with E-state index in [0.29, 0.717) is 13.2 Å². The van der Waals surface area contributed by atoms with Gasteiger partial charge >= 0.3 is 0 Å². The second kappa shape index (κ2) is 7.43. The van der Waals surface area contributed by atoms with Gasteiger partial charge in [-0.05, 0) is 37.2 Å². The molecule has 2 atom stereocenters. The Morgan fingerprint density at radius 2 is 2.10 bits per heavy atom. The van der Waals surface area contributed by atoms with Gasteiger partial charge in [-0.3, -0.25) is 4.79 Å². The molecule has 1 aliphatic heterocycles. The molecule has 0 aliphatic carbocycles. The lowest BCUT2D eigenvalue weighted by Crippen LogP contribution is -2.45. The first-order chi connectivity index (χ1) is 10.2. The Morgan fingerprint density at radius 3 is 2.71 bits per heavy atom. The summed E-state index contributed by atoms with van der Waals surface area (Å²) in [5.41, 5.74) is 0.863. The second-order valence-corrected chi connectivity index (χ2v) is 5.30. The van der Waals surface area contributed by atoms with Crippen LogP contribution in [0.4, 0.5) is 5.69 Å². The lowest BCUT2D eigenvalue weighted by Gasteiger charge is -2.24. The van der Waals surface area contributed by atoms with E-state index < -0.39 is 0 Å². The molecule has 0 radical (unpaired) electrons. The molecule has 116 valence electrons. The van der Waals surface area contributed by atoms with Crippen LogP contribution in [-0.4, -0.2) is 45.9 Å². The molecule has 1 heterocycles. The molecule has 0 spiro atoms. The summed E-state index contributed by atoms with van der Waals surface area (Å²) in [6, 6.07) is 7.61. The maximum Gasteiger partial charge on any atom is 0.233 e. The first kappa shape index (κ1) is 15.8. The van der Waals surface area contributed by atoms with Gasteiger partial charge in [-0.25, -0.2) is 0 Å². The number of hydrogen-bond donors (Lipinski definition) is 1. The van der Waals surface area contributed by atoms with E-state index in [1.165, 1.54) is 0 Å². The van der Waals surface area contributed by atoms with Crippen molar-refractivity contribution in [2.24, 2.45) is 5.92 Å². The lowest BCUT2D eigenvalue weighted by molar-refractivity contribution is -0.122. The summed E-state index contributed by atoms with van der Waals surface area (Å²) in [4.78, 5) is 14.3. The van der Waals surface area contributed by atoms with E-state index in [0.717, 1.165) is 24.4 Å². The molecule has 1 aliphatic rings. The number of nitrogens with one attached hydrogen (secondary N) is 1. The highest BCUT2D eigenvalue weighted by Crippen LogP contribution is 2.22. The van der Waals surface area contributed by atoms with E-state index in [4.69, 9.17) is 9.47 Å². The van der Waals surface area contributed by atoms with Crippen molar-refractivity contribution in [1.29, 1.82) is 0 Å². The molecule has 1 aromatic carbocycles. The standard InChI is InChI=1S/C16H24N2O3/c1-4-9-17-15-11-21-10-14(15)16(19)18(2)12-5-7-13(20-3)8-6-12/h5-8,14-15,17H,4,9-11H2,1-3H3. The molecule has 1 fully saturated rings. The number of nitrogens with zero attached hydrogens (tertiary/aromatic N) is 1. The predicted octanol–water partition coefficient (Wildman–Crippen LogP) is 1.67. The van der Waals surface area contributed by atoms with Gasteiger partial charge in [-0.2, -0.15) is 0 Å². The summed E-state index contributed by atoms with van der Waals surface area (Å²) in [6.07, 6.45) is 1.05. The van der Waals surface area contributed by atoms with Crippen LogP contribution in [0.2, 0.25) is 0 Å². The number of methoxy groups -OCH3 is 1. The molecule has 1 amide bonds. The maximum absolute atomic E-state index is 12.6. The van der Waals surface area contributed by atoms with E-state index in [9.17, 15) is 4.79 Å². The van der Waals surface area contributed by atoms with Gasteiger partial charge in [0.2, 0.25) is 5.91 Å². The summed E-state index contributed by atoms with van der Waals surface area (Å²) in [7, 11) is 3.43. The van der Waals surface area contributed by atoms with Crippen LogP contribution in [0, 0.1) is 5.92 Å². The smallest absolute Gasteiger partial charge is 0.233 e. The molecule has 5 nitrogen and oxygen atoms in total. The summed E-state index contributed by atoms with van der Waals surface area (Å²) >= 11 is 0. The molecular weight excluding hydrogens is 268 g/mol. The van der Waals surface area contributed by atoms with Crippen LogP contribution in [0.5, 0.6) is 5.75 Å². The Labute approximate surface area is 126 Å². The Balaban J connectivity index is 2.03. The van der Waals surface area contributed by atoms with E-state index in [2.05, 4.69) is 12.2 Å². The number of hydrogen-bond acceptors (Lipinski definition) is 4. The lowest BCUT2D eigenvalue weighted by atomic mass is 10.0. The summed E-state index contributed by atoms with van der Waals surface area (Å²) in [5.74, 6) is 0.751. The topological polar surface area (TPSA) is 50.8 Å². The number of carbonyl (C=O) groups is 1. The minimum atomic E-state index is -0.122. The van der Waals surface area contributed by atoms with E-state index in [1.807, 2.05) is 24.3 Å². The minimum Gasteiger partial charge on any atom is -0.497 e. The quantitative estimate of drug-likeness (QED) is 0.866. The summed E-state index contributed by atoms with van der Waals surface area (Å²) in [6.45, 7) is 4.11. The van der Waals surface area contributed by atoms with Crippen molar-refractivity contribution in [2.45, 2.75) is 19.4 Å². The number of ether oxygens (including phenoxy) is 2. The fourth-order valence-corrected chi connectivity index (χ4v) is 2.51. The second-order valence-electron chi connectivity index (χ2n) is 5.30. The Morgan fingerprint density at radius 1 is 1.38 bits per heavy atom. The average Bonchev–Trinajstić information content (AvgIpc) is 3.00. The van der Waals surface area contributed by atoms with Gasteiger partial charge in [0.25, 0.3) is 0 Å². The van der Waals surface area contributed by atoms with Crippen molar-refractivity contribution < 1.29 is 14.3 Å². The van der Waals surface area contributed by atoms with E-state index in [-0.39, 0.29) is 17.9 Å². The highest BCUT2D eigenvalue weighted by atomic mass is 16.5. The molecular formula is C16H24N2O3. The fourth-order valence-electron chi connectivity index (χ4n) is 2.51. The highest BCUT2D eigenvalue weighted by molar-refractivity contribution is 5.95. The van der Waals surface area contributed by atoms with Gasteiger partial charge in [0.05, 0.1) is 26.2 Å². The van der Waals surface area contributed by atoms with Crippen LogP contribution < -0.4 is 15.0 Å². The van der Waals surface area contributed by atoms with Crippen LogP contribution >= 0.6 is 0 Å². The third-order valence-electron chi connectivity index (χ3n) is 3.84. The predicted molar refractivity (Wildman–Crippen MR) is 82.8 cm³/mol. The van der Waals surface area contributed by atoms with E-state index in [1.54, 1.807) is 19.1 Å². The summed E-state index contributed by atoms with van der Waals surface area (Å²) in [5, 5.41) is 3.39. The first-order valence-electron chi connectivity index (χ1n) is 7.40. The Hall–Kier alpha value is -1.59. The van der Waals surface area contributed by atoms with Gasteiger partial charge in [0, 0.05) is 18.8 Å². The first-order valence-corrected chi connectivity index (χ1v) is 7.40. The zero-order chi connectivity index (χ0) is 15.2. The van der Waals surface area contributed by atoms with E-state index >= 15 is 0 Å². The fraction of sp³-hybridized carbons (Fsp3) is 0.562. The van der Waals surface area contributed by atoms with Crippen LogP contribution in [-0.2, 0) is 9.53 Å². The average molecular weight is 292 g/mol. The minimum absolute atomic E-state index is 0.0891. The van der Waals surface area contributed by atoms with Gasteiger partial charge in [-0.1, -0.05) is 6.92 Å². The van der Waals surface area contributed by atoms with Crippen molar-refractivity contribution in [3.63, 3.8) is 0 Å². The Bertz CT molecular complexity index is 461. The Kier molecular flexibility index (Phi) is 5.59. The van der Waals surface area contributed by atoms with Crippen LogP contribution in [0.15, 0.2) is 24.3 Å². The SMILES string of the molecule is CCCNC1COCC1C(=O)N(C)c1ccc(OC)cc1.